The van der Waals surface area contributed by atoms with Crippen molar-refractivity contribution in [1.82, 2.24) is 10.2 Å². The van der Waals surface area contributed by atoms with Gasteiger partial charge in [0.2, 0.25) is 0 Å². The molecule has 2 nitrogen and oxygen atoms in total. The Labute approximate surface area is 126 Å². The number of nitrogens with zero attached hydrogens (tertiary/aromatic N) is 1. The van der Waals surface area contributed by atoms with Crippen LogP contribution in [0.15, 0.2) is 0 Å². The van der Waals surface area contributed by atoms with Crippen molar-refractivity contribution < 1.29 is 0 Å². The van der Waals surface area contributed by atoms with Crippen molar-refractivity contribution in [3.63, 3.8) is 0 Å². The van der Waals surface area contributed by atoms with Gasteiger partial charge in [-0.25, -0.2) is 0 Å². The molecule has 1 heterocycles. The van der Waals surface area contributed by atoms with Gasteiger partial charge in [-0.15, -0.1) is 0 Å². The highest BCUT2D eigenvalue weighted by atomic mass is 15.3. The lowest BCUT2D eigenvalue weighted by atomic mass is 9.85. The lowest BCUT2D eigenvalue weighted by Gasteiger charge is -2.50. The molecule has 2 aliphatic rings. The molecular formula is C18H36N2. The Kier molecular flexibility index (Phi) is 5.18. The minimum absolute atomic E-state index is 0.369. The van der Waals surface area contributed by atoms with Gasteiger partial charge in [-0.3, -0.25) is 4.90 Å². The molecule has 1 atom stereocenters. The fraction of sp³-hybridized carbons (Fsp3) is 1.00. The van der Waals surface area contributed by atoms with Gasteiger partial charge in [-0.05, 0) is 43.4 Å². The topological polar surface area (TPSA) is 15.3 Å². The van der Waals surface area contributed by atoms with Gasteiger partial charge in [-0.1, -0.05) is 41.0 Å². The predicted molar refractivity (Wildman–Crippen MR) is 88.1 cm³/mol. The van der Waals surface area contributed by atoms with Gasteiger partial charge in [0.25, 0.3) is 0 Å². The first-order chi connectivity index (χ1) is 9.50. The van der Waals surface area contributed by atoms with E-state index in [-0.39, 0.29) is 0 Å². The summed E-state index contributed by atoms with van der Waals surface area (Å²) in [5, 5.41) is 3.89. The Morgan fingerprint density at radius 3 is 2.25 bits per heavy atom. The van der Waals surface area contributed by atoms with Crippen molar-refractivity contribution in [1.29, 1.82) is 0 Å². The van der Waals surface area contributed by atoms with E-state index in [2.05, 4.69) is 44.8 Å². The molecule has 1 aliphatic heterocycles. The van der Waals surface area contributed by atoms with Crippen LogP contribution in [-0.2, 0) is 0 Å². The summed E-state index contributed by atoms with van der Waals surface area (Å²) in [5.41, 5.74) is 1.06. The van der Waals surface area contributed by atoms with Crippen LogP contribution in [0, 0.1) is 11.3 Å². The monoisotopic (exact) mass is 280 g/mol. The van der Waals surface area contributed by atoms with Crippen LogP contribution >= 0.6 is 0 Å². The summed E-state index contributed by atoms with van der Waals surface area (Å²) in [6.45, 7) is 15.6. The minimum atomic E-state index is 0.369. The molecule has 0 aromatic carbocycles. The molecular weight excluding hydrogens is 244 g/mol. The summed E-state index contributed by atoms with van der Waals surface area (Å²) in [7, 11) is 0. The minimum Gasteiger partial charge on any atom is -0.308 e. The van der Waals surface area contributed by atoms with Crippen LogP contribution in [-0.4, -0.2) is 36.1 Å². The summed E-state index contributed by atoms with van der Waals surface area (Å²) >= 11 is 0. The molecule has 0 spiro atoms. The lowest BCUT2D eigenvalue weighted by Crippen LogP contribution is -2.65. The Morgan fingerprint density at radius 1 is 1.15 bits per heavy atom. The lowest BCUT2D eigenvalue weighted by molar-refractivity contribution is 0.0332. The average Bonchev–Trinajstić information content (AvgIpc) is 3.18. The second-order valence-electron chi connectivity index (χ2n) is 7.83. The maximum absolute atomic E-state index is 3.89. The molecule has 0 bridgehead atoms. The molecule has 2 fully saturated rings. The predicted octanol–water partition coefficient (Wildman–Crippen LogP) is 4.06. The van der Waals surface area contributed by atoms with Crippen LogP contribution in [0.5, 0.6) is 0 Å². The second kappa shape index (κ2) is 6.36. The van der Waals surface area contributed by atoms with E-state index in [0.29, 0.717) is 11.0 Å². The largest absolute Gasteiger partial charge is 0.308 e. The molecule has 0 amide bonds. The molecule has 20 heavy (non-hydrogen) atoms. The Hall–Kier alpha value is -0.0800. The summed E-state index contributed by atoms with van der Waals surface area (Å²) in [6, 6.07) is 0.732. The second-order valence-corrected chi connectivity index (χ2v) is 7.83. The van der Waals surface area contributed by atoms with Gasteiger partial charge in [0.15, 0.2) is 0 Å². The first kappa shape index (κ1) is 16.3. The molecule has 0 aromatic rings. The maximum Gasteiger partial charge on any atom is 0.0304 e. The third-order valence-corrected chi connectivity index (χ3v) is 6.06. The fourth-order valence-corrected chi connectivity index (χ4v) is 4.19. The van der Waals surface area contributed by atoms with Crippen LogP contribution < -0.4 is 5.32 Å². The van der Waals surface area contributed by atoms with E-state index in [1.54, 1.807) is 0 Å². The van der Waals surface area contributed by atoms with Crippen LogP contribution in [0.25, 0.3) is 0 Å². The fourth-order valence-electron chi connectivity index (χ4n) is 4.19. The Balaban J connectivity index is 2.07. The maximum atomic E-state index is 3.89. The van der Waals surface area contributed by atoms with Gasteiger partial charge in [0.05, 0.1) is 0 Å². The van der Waals surface area contributed by atoms with Crippen molar-refractivity contribution >= 4 is 0 Å². The molecule has 1 aliphatic carbocycles. The summed E-state index contributed by atoms with van der Waals surface area (Å²) < 4.78 is 0. The standard InChI is InChI=1S/C18H36N2/c1-6-9-17(10-11-17)13-20-14-18(7-2,8-3)19-12-16(20)15(4)5/h15-16,19H,6-14H2,1-5H3. The highest BCUT2D eigenvalue weighted by Crippen LogP contribution is 2.51. The van der Waals surface area contributed by atoms with E-state index in [4.69, 9.17) is 0 Å². The molecule has 1 saturated heterocycles. The van der Waals surface area contributed by atoms with E-state index in [9.17, 15) is 0 Å². The van der Waals surface area contributed by atoms with Crippen molar-refractivity contribution in [2.75, 3.05) is 19.6 Å². The molecule has 1 N–H and O–H groups in total. The average molecular weight is 281 g/mol. The van der Waals surface area contributed by atoms with Crippen LogP contribution in [0.2, 0.25) is 0 Å². The van der Waals surface area contributed by atoms with Gasteiger partial charge in [0.1, 0.15) is 0 Å². The van der Waals surface area contributed by atoms with Crippen LogP contribution in [0.4, 0.5) is 0 Å². The van der Waals surface area contributed by atoms with E-state index in [1.165, 1.54) is 58.2 Å². The molecule has 0 aromatic heterocycles. The highest BCUT2D eigenvalue weighted by Gasteiger charge is 2.46. The molecule has 2 rings (SSSR count). The first-order valence-electron chi connectivity index (χ1n) is 8.99. The van der Waals surface area contributed by atoms with Gasteiger partial charge in [0, 0.05) is 31.2 Å². The zero-order valence-corrected chi connectivity index (χ0v) is 14.5. The smallest absolute Gasteiger partial charge is 0.0304 e. The van der Waals surface area contributed by atoms with Gasteiger partial charge in [-0.2, -0.15) is 0 Å². The Morgan fingerprint density at radius 2 is 1.80 bits per heavy atom. The molecule has 1 saturated carbocycles. The SMILES string of the molecule is CCCC1(CN2CC(CC)(CC)NCC2C(C)C)CC1. The number of nitrogens with one attached hydrogen (secondary N) is 1. The van der Waals surface area contributed by atoms with E-state index < -0.39 is 0 Å². The quantitative estimate of drug-likeness (QED) is 0.756. The zero-order chi connectivity index (χ0) is 14.8. The van der Waals surface area contributed by atoms with E-state index in [0.717, 1.165) is 12.0 Å². The molecule has 1 unspecified atom stereocenters. The van der Waals surface area contributed by atoms with Crippen LogP contribution in [0.3, 0.4) is 0 Å². The first-order valence-corrected chi connectivity index (χ1v) is 8.99. The summed E-state index contributed by atoms with van der Waals surface area (Å²) in [5.74, 6) is 0.756. The Bertz CT molecular complexity index is 303. The number of piperazine rings is 1. The zero-order valence-electron chi connectivity index (χ0n) is 14.5. The van der Waals surface area contributed by atoms with Crippen molar-refractivity contribution in [2.45, 2.75) is 84.7 Å². The van der Waals surface area contributed by atoms with Crippen molar-refractivity contribution in [3.05, 3.63) is 0 Å². The van der Waals surface area contributed by atoms with Crippen molar-refractivity contribution in [2.24, 2.45) is 11.3 Å². The van der Waals surface area contributed by atoms with Gasteiger partial charge < -0.3 is 5.32 Å². The van der Waals surface area contributed by atoms with Crippen LogP contribution in [0.1, 0.15) is 73.1 Å². The summed E-state index contributed by atoms with van der Waals surface area (Å²) in [4.78, 5) is 2.86. The normalized spacial score (nSPS) is 28.8. The van der Waals surface area contributed by atoms with Gasteiger partial charge >= 0.3 is 0 Å². The number of rotatable bonds is 7. The number of hydrogen-bond acceptors (Lipinski definition) is 2. The third-order valence-electron chi connectivity index (χ3n) is 6.06. The summed E-state index contributed by atoms with van der Waals surface area (Å²) in [6.07, 6.45) is 8.25. The highest BCUT2D eigenvalue weighted by molar-refractivity contribution is 5.02. The molecule has 2 heteroatoms. The van der Waals surface area contributed by atoms with Crippen molar-refractivity contribution in [3.8, 4) is 0 Å². The number of hydrogen-bond donors (Lipinski definition) is 1. The third kappa shape index (κ3) is 3.39. The molecule has 0 radical (unpaired) electrons. The van der Waals surface area contributed by atoms with E-state index in [1.807, 2.05) is 0 Å². The molecule has 118 valence electrons. The van der Waals surface area contributed by atoms with E-state index >= 15 is 0 Å².